The first-order valence-corrected chi connectivity index (χ1v) is 8.66. The van der Waals surface area contributed by atoms with Gasteiger partial charge in [-0.1, -0.05) is 6.92 Å². The Labute approximate surface area is 144 Å². The molecule has 0 spiro atoms. The van der Waals surface area contributed by atoms with E-state index in [0.717, 1.165) is 25.2 Å². The Bertz CT molecular complexity index is 936. The number of fused-ring (bicyclic) bond motifs is 2. The number of nitrogens with zero attached hydrogens (tertiary/aromatic N) is 4. The summed E-state index contributed by atoms with van der Waals surface area (Å²) in [5, 5.41) is 7.60. The van der Waals surface area contributed by atoms with Crippen molar-refractivity contribution in [2.24, 2.45) is 0 Å². The molecular formula is C17H21N5O3. The maximum Gasteiger partial charge on any atom is 0.280 e. The summed E-state index contributed by atoms with van der Waals surface area (Å²) < 4.78 is 3.00. The molecule has 0 aromatic carbocycles. The molecule has 8 nitrogen and oxygen atoms in total. The lowest BCUT2D eigenvalue weighted by Gasteiger charge is -2.22. The molecule has 0 saturated carbocycles. The summed E-state index contributed by atoms with van der Waals surface area (Å²) in [6.45, 7) is 5.38. The molecule has 2 aliphatic rings. The molecule has 2 aliphatic heterocycles. The fourth-order valence-corrected chi connectivity index (χ4v) is 3.79. The minimum Gasteiger partial charge on any atom is -0.328 e. The van der Waals surface area contributed by atoms with Crippen LogP contribution in [-0.4, -0.2) is 49.9 Å². The molecule has 0 bridgehead atoms. The number of hydrogen-bond acceptors (Lipinski definition) is 5. The molecule has 0 aliphatic carbocycles. The second-order valence-corrected chi connectivity index (χ2v) is 6.76. The van der Waals surface area contributed by atoms with Crippen LogP contribution in [0.2, 0.25) is 0 Å². The number of aryl methyl sites for hydroxylation is 1. The van der Waals surface area contributed by atoms with Gasteiger partial charge in [-0.3, -0.25) is 14.4 Å². The number of ketones is 1. The maximum atomic E-state index is 13.1. The van der Waals surface area contributed by atoms with Gasteiger partial charge in [-0.25, -0.2) is 0 Å². The minimum atomic E-state index is -0.258. The van der Waals surface area contributed by atoms with Crippen LogP contribution in [0.1, 0.15) is 42.0 Å². The van der Waals surface area contributed by atoms with Gasteiger partial charge in [0.25, 0.3) is 11.5 Å². The second-order valence-electron chi connectivity index (χ2n) is 6.76. The van der Waals surface area contributed by atoms with Gasteiger partial charge in [-0.2, -0.15) is 9.61 Å². The van der Waals surface area contributed by atoms with Gasteiger partial charge in [0.2, 0.25) is 0 Å². The number of Topliss-reactive ketones (excluding diaryl/α,β-unsaturated/α-hetero) is 1. The van der Waals surface area contributed by atoms with E-state index in [2.05, 4.69) is 10.4 Å². The molecule has 2 aromatic rings. The normalized spacial score (nSPS) is 19.8. The molecule has 4 heterocycles. The fourth-order valence-electron chi connectivity index (χ4n) is 3.79. The average Bonchev–Trinajstić information content (AvgIpc) is 3.29. The van der Waals surface area contributed by atoms with Crippen molar-refractivity contribution in [3.8, 4) is 0 Å². The van der Waals surface area contributed by atoms with Gasteiger partial charge in [0.15, 0.2) is 0 Å². The summed E-state index contributed by atoms with van der Waals surface area (Å²) in [7, 11) is 0. The van der Waals surface area contributed by atoms with Gasteiger partial charge in [0.05, 0.1) is 24.3 Å². The highest BCUT2D eigenvalue weighted by molar-refractivity contribution is 5.98. The van der Waals surface area contributed by atoms with Crippen LogP contribution >= 0.6 is 0 Å². The topological polar surface area (TPSA) is 88.7 Å². The van der Waals surface area contributed by atoms with Gasteiger partial charge >= 0.3 is 0 Å². The Kier molecular flexibility index (Phi) is 3.72. The van der Waals surface area contributed by atoms with E-state index in [1.165, 1.54) is 11.4 Å². The third-order valence-electron chi connectivity index (χ3n) is 5.03. The van der Waals surface area contributed by atoms with Crippen molar-refractivity contribution in [3.05, 3.63) is 33.4 Å². The van der Waals surface area contributed by atoms with Crippen LogP contribution in [0.4, 0.5) is 0 Å². The molecule has 0 radical (unpaired) electrons. The van der Waals surface area contributed by atoms with Crippen LogP contribution in [0.5, 0.6) is 0 Å². The molecule has 25 heavy (non-hydrogen) atoms. The second kappa shape index (κ2) is 5.80. The van der Waals surface area contributed by atoms with Gasteiger partial charge in [0.1, 0.15) is 17.1 Å². The first-order valence-electron chi connectivity index (χ1n) is 8.66. The Morgan fingerprint density at radius 1 is 1.40 bits per heavy atom. The molecule has 1 N–H and O–H groups in total. The number of nitrogens with one attached hydrogen (secondary N) is 1. The molecule has 1 atom stereocenters. The van der Waals surface area contributed by atoms with E-state index < -0.39 is 0 Å². The predicted octanol–water partition coefficient (Wildman–Crippen LogP) is -0.0349. The summed E-state index contributed by atoms with van der Waals surface area (Å²) in [6, 6.07) is 1.88. The van der Waals surface area contributed by atoms with E-state index in [1.54, 1.807) is 15.5 Å². The third-order valence-corrected chi connectivity index (χ3v) is 5.03. The van der Waals surface area contributed by atoms with E-state index in [9.17, 15) is 14.4 Å². The summed E-state index contributed by atoms with van der Waals surface area (Å²) >= 11 is 0. The highest BCUT2D eigenvalue weighted by atomic mass is 16.2. The Morgan fingerprint density at radius 3 is 2.84 bits per heavy atom. The van der Waals surface area contributed by atoms with E-state index >= 15 is 0 Å². The van der Waals surface area contributed by atoms with Crippen LogP contribution in [0, 0.1) is 0 Å². The van der Waals surface area contributed by atoms with E-state index in [4.69, 9.17) is 0 Å². The molecular weight excluding hydrogens is 322 g/mol. The van der Waals surface area contributed by atoms with Gasteiger partial charge in [0, 0.05) is 18.7 Å². The summed E-state index contributed by atoms with van der Waals surface area (Å²) in [5.74, 6) is -0.232. The largest absolute Gasteiger partial charge is 0.328 e. The lowest BCUT2D eigenvalue weighted by Crippen LogP contribution is -2.37. The van der Waals surface area contributed by atoms with Crippen LogP contribution in [0.3, 0.4) is 0 Å². The van der Waals surface area contributed by atoms with Crippen molar-refractivity contribution in [2.45, 2.75) is 45.8 Å². The summed E-state index contributed by atoms with van der Waals surface area (Å²) in [6.07, 6.45) is 1.55. The smallest absolute Gasteiger partial charge is 0.280 e. The first kappa shape index (κ1) is 16.0. The first-order chi connectivity index (χ1) is 12.0. The Hall–Kier alpha value is -2.48. The monoisotopic (exact) mass is 343 g/mol. The van der Waals surface area contributed by atoms with Crippen molar-refractivity contribution in [3.63, 3.8) is 0 Å². The highest BCUT2D eigenvalue weighted by Gasteiger charge is 2.39. The van der Waals surface area contributed by atoms with Crippen molar-refractivity contribution >= 4 is 17.3 Å². The van der Waals surface area contributed by atoms with Crippen molar-refractivity contribution in [2.75, 3.05) is 13.1 Å². The Balaban J connectivity index is 1.93. The minimum absolute atomic E-state index is 0.0590. The average molecular weight is 343 g/mol. The Morgan fingerprint density at radius 2 is 2.20 bits per heavy atom. The molecule has 1 amide bonds. The van der Waals surface area contributed by atoms with E-state index in [1.807, 2.05) is 6.92 Å². The molecule has 1 fully saturated rings. The van der Waals surface area contributed by atoms with Gasteiger partial charge in [-0.15, -0.1) is 0 Å². The maximum absolute atomic E-state index is 13.1. The zero-order chi connectivity index (χ0) is 17.7. The number of aromatic nitrogens is 3. The van der Waals surface area contributed by atoms with Crippen molar-refractivity contribution in [1.82, 2.24) is 24.4 Å². The molecule has 1 unspecified atom stereocenters. The van der Waals surface area contributed by atoms with E-state index in [-0.39, 0.29) is 36.4 Å². The van der Waals surface area contributed by atoms with Crippen LogP contribution in [0.25, 0.3) is 5.65 Å². The van der Waals surface area contributed by atoms with Crippen molar-refractivity contribution < 1.29 is 9.59 Å². The SMILES string of the molecule is CCc1cc2n(CC(C)=O)c3c(c(=O)n2n1)CN(C1CCNC1)C3=O. The zero-order valence-electron chi connectivity index (χ0n) is 14.4. The number of amides is 1. The van der Waals surface area contributed by atoms with Crippen LogP contribution in [0.15, 0.2) is 10.9 Å². The molecule has 1 saturated heterocycles. The lowest BCUT2D eigenvalue weighted by molar-refractivity contribution is -0.117. The zero-order valence-corrected chi connectivity index (χ0v) is 14.4. The standard InChI is InChI=1S/C17H21N5O3/c1-3-11-6-14-21(8-10(2)23)15-13(16(24)22(14)19-11)9-20(17(15)25)12-4-5-18-7-12/h6,12,18H,3-5,7-9H2,1-2H3. The fraction of sp³-hybridized carbons (Fsp3) is 0.529. The third kappa shape index (κ3) is 2.39. The van der Waals surface area contributed by atoms with Gasteiger partial charge < -0.3 is 14.8 Å². The van der Waals surface area contributed by atoms with Crippen molar-refractivity contribution in [1.29, 1.82) is 0 Å². The van der Waals surface area contributed by atoms with Crippen LogP contribution < -0.4 is 10.9 Å². The molecule has 2 aromatic heterocycles. The quantitative estimate of drug-likeness (QED) is 0.842. The highest BCUT2D eigenvalue weighted by Crippen LogP contribution is 2.26. The summed E-state index contributed by atoms with van der Waals surface area (Å²) in [5.41, 5.74) is 1.81. The predicted molar refractivity (Wildman–Crippen MR) is 90.7 cm³/mol. The lowest BCUT2D eigenvalue weighted by atomic mass is 10.2. The molecule has 132 valence electrons. The van der Waals surface area contributed by atoms with Gasteiger partial charge in [-0.05, 0) is 26.3 Å². The number of carbonyl (C=O) groups excluding carboxylic acids is 2. The van der Waals surface area contributed by atoms with Crippen LogP contribution in [-0.2, 0) is 24.3 Å². The summed E-state index contributed by atoms with van der Waals surface area (Å²) in [4.78, 5) is 39.5. The van der Waals surface area contributed by atoms with E-state index in [0.29, 0.717) is 23.3 Å². The number of hydrogen-bond donors (Lipinski definition) is 1. The molecule has 8 heteroatoms. The molecule has 4 rings (SSSR count). The number of carbonyl (C=O) groups is 2. The number of rotatable bonds is 4.